The SMILES string of the molecule is CN(C)C(=O)C1CN(C[C@@]2(O)CCN(C(=O)C(CO)CC3CCCCC3)CC2(C)C)C(=O)CC1c1ccccc1. The molecule has 0 radical (unpaired) electrons. The van der Waals surface area contributed by atoms with Crippen molar-refractivity contribution in [2.75, 3.05) is 46.9 Å². The highest BCUT2D eigenvalue weighted by molar-refractivity contribution is 5.85. The van der Waals surface area contributed by atoms with Gasteiger partial charge >= 0.3 is 0 Å². The van der Waals surface area contributed by atoms with Crippen molar-refractivity contribution >= 4 is 17.7 Å². The van der Waals surface area contributed by atoms with Gasteiger partial charge in [-0.2, -0.15) is 0 Å². The number of β-amino-alcohol motifs (C(OH)–C–C–N with tert-alkyl or cyclic N) is 1. The van der Waals surface area contributed by atoms with E-state index in [9.17, 15) is 24.6 Å². The standard InChI is InChI=1S/C32H49N3O5/c1-31(2)21-34(29(38)25(20-36)17-23-11-7-5-8-12-23)16-15-32(31,40)22-35-19-27(30(39)33(3)4)26(18-28(35)37)24-13-9-6-10-14-24/h6,9-10,13-14,23,25-27,36,40H,5,7-8,11-12,15-22H2,1-4H3/t25?,26?,27?,32-/m0/s1. The maximum absolute atomic E-state index is 13.5. The Morgan fingerprint density at radius 1 is 1.10 bits per heavy atom. The lowest BCUT2D eigenvalue weighted by Gasteiger charge is -2.53. The Morgan fingerprint density at radius 2 is 1.77 bits per heavy atom. The van der Waals surface area contributed by atoms with Gasteiger partial charge in [0.05, 0.1) is 30.6 Å². The topological polar surface area (TPSA) is 101 Å². The summed E-state index contributed by atoms with van der Waals surface area (Å²) in [6, 6.07) is 9.73. The third-order valence-electron chi connectivity index (χ3n) is 9.95. The molecule has 2 heterocycles. The van der Waals surface area contributed by atoms with Gasteiger partial charge in [0.25, 0.3) is 0 Å². The molecule has 1 aromatic carbocycles. The van der Waals surface area contributed by atoms with E-state index in [0.717, 1.165) is 24.8 Å². The van der Waals surface area contributed by atoms with Gasteiger partial charge in [0.2, 0.25) is 17.7 Å². The van der Waals surface area contributed by atoms with Gasteiger partial charge < -0.3 is 24.9 Å². The van der Waals surface area contributed by atoms with E-state index in [2.05, 4.69) is 0 Å². The van der Waals surface area contributed by atoms with Crippen LogP contribution in [0.5, 0.6) is 0 Å². The van der Waals surface area contributed by atoms with Crippen molar-refractivity contribution < 1.29 is 24.6 Å². The first-order chi connectivity index (χ1) is 19.0. The quantitative estimate of drug-likeness (QED) is 0.513. The summed E-state index contributed by atoms with van der Waals surface area (Å²) >= 11 is 0. The molecule has 3 aliphatic rings. The number of carbonyl (C=O) groups is 3. The summed E-state index contributed by atoms with van der Waals surface area (Å²) in [5.74, 6) is -0.623. The highest BCUT2D eigenvalue weighted by Gasteiger charge is 2.52. The van der Waals surface area contributed by atoms with Crippen LogP contribution < -0.4 is 0 Å². The largest absolute Gasteiger partial charge is 0.396 e. The molecule has 4 atom stereocenters. The second-order valence-corrected chi connectivity index (χ2v) is 13.4. The Balaban J connectivity index is 1.45. The van der Waals surface area contributed by atoms with Gasteiger partial charge in [0.1, 0.15) is 0 Å². The molecule has 2 aliphatic heterocycles. The summed E-state index contributed by atoms with van der Waals surface area (Å²) in [7, 11) is 3.48. The normalized spacial score (nSPS) is 28.3. The lowest BCUT2D eigenvalue weighted by molar-refractivity contribution is -0.168. The highest BCUT2D eigenvalue weighted by atomic mass is 16.3. The van der Waals surface area contributed by atoms with Gasteiger partial charge in [0.15, 0.2) is 0 Å². The summed E-state index contributed by atoms with van der Waals surface area (Å²) in [5, 5.41) is 22.0. The number of nitrogens with zero attached hydrogens (tertiary/aromatic N) is 3. The predicted molar refractivity (Wildman–Crippen MR) is 154 cm³/mol. The van der Waals surface area contributed by atoms with Crippen molar-refractivity contribution in [1.82, 2.24) is 14.7 Å². The molecule has 1 aromatic rings. The molecule has 8 nitrogen and oxygen atoms in total. The van der Waals surface area contributed by atoms with Gasteiger partial charge in [-0.25, -0.2) is 0 Å². The van der Waals surface area contributed by atoms with Crippen molar-refractivity contribution in [2.45, 2.75) is 76.7 Å². The molecular weight excluding hydrogens is 506 g/mol. The Morgan fingerprint density at radius 3 is 2.38 bits per heavy atom. The molecule has 1 aliphatic carbocycles. The molecule has 40 heavy (non-hydrogen) atoms. The molecule has 0 bridgehead atoms. The fourth-order valence-electron chi connectivity index (χ4n) is 7.21. The molecule has 0 aromatic heterocycles. The van der Waals surface area contributed by atoms with E-state index in [4.69, 9.17) is 0 Å². The van der Waals surface area contributed by atoms with E-state index >= 15 is 0 Å². The number of carbonyl (C=O) groups excluding carboxylic acids is 3. The number of hydrogen-bond acceptors (Lipinski definition) is 5. The lowest BCUT2D eigenvalue weighted by atomic mass is 9.68. The third kappa shape index (κ3) is 6.54. The maximum atomic E-state index is 13.5. The monoisotopic (exact) mass is 555 g/mol. The zero-order valence-corrected chi connectivity index (χ0v) is 24.8. The average Bonchev–Trinajstić information content (AvgIpc) is 2.94. The summed E-state index contributed by atoms with van der Waals surface area (Å²) in [6.45, 7) is 4.88. The molecular formula is C32H49N3O5. The number of amides is 3. The summed E-state index contributed by atoms with van der Waals surface area (Å²) < 4.78 is 0. The molecule has 2 N–H and O–H groups in total. The number of hydrogen-bond donors (Lipinski definition) is 2. The van der Waals surface area contributed by atoms with Gasteiger partial charge in [-0.05, 0) is 24.3 Å². The fraction of sp³-hybridized carbons (Fsp3) is 0.719. The average molecular weight is 556 g/mol. The van der Waals surface area contributed by atoms with Crippen LogP contribution in [0.3, 0.4) is 0 Å². The van der Waals surface area contributed by atoms with Crippen LogP contribution in [0.15, 0.2) is 30.3 Å². The zero-order valence-electron chi connectivity index (χ0n) is 24.8. The van der Waals surface area contributed by atoms with Crippen LogP contribution in [0.4, 0.5) is 0 Å². The Kier molecular flexibility index (Phi) is 9.61. The minimum atomic E-state index is -1.21. The number of likely N-dealkylation sites (tertiary alicyclic amines) is 2. The van der Waals surface area contributed by atoms with Crippen molar-refractivity contribution in [3.05, 3.63) is 35.9 Å². The number of piperidine rings is 2. The first kappa shape index (κ1) is 30.5. The Hall–Kier alpha value is -2.45. The lowest BCUT2D eigenvalue weighted by Crippen LogP contribution is -2.64. The zero-order chi connectivity index (χ0) is 29.1. The third-order valence-corrected chi connectivity index (χ3v) is 9.95. The minimum absolute atomic E-state index is 0.0222. The second-order valence-electron chi connectivity index (χ2n) is 13.4. The minimum Gasteiger partial charge on any atom is -0.396 e. The van der Waals surface area contributed by atoms with Crippen LogP contribution in [-0.2, 0) is 14.4 Å². The number of aliphatic hydroxyl groups is 2. The van der Waals surface area contributed by atoms with Crippen LogP contribution in [0, 0.1) is 23.2 Å². The van der Waals surface area contributed by atoms with E-state index in [-0.39, 0.29) is 49.8 Å². The predicted octanol–water partition coefficient (Wildman–Crippen LogP) is 3.28. The molecule has 3 amide bonds. The second kappa shape index (κ2) is 12.6. The molecule has 3 unspecified atom stereocenters. The van der Waals surface area contributed by atoms with E-state index in [1.54, 1.807) is 28.8 Å². The number of benzene rings is 1. The smallest absolute Gasteiger partial charge is 0.228 e. The van der Waals surface area contributed by atoms with Crippen molar-refractivity contribution in [3.8, 4) is 0 Å². The van der Waals surface area contributed by atoms with E-state index < -0.39 is 22.9 Å². The first-order valence-corrected chi connectivity index (χ1v) is 15.1. The summed E-state index contributed by atoms with van der Waals surface area (Å²) in [6.07, 6.45) is 7.18. The molecule has 3 fully saturated rings. The Labute approximate surface area is 239 Å². The van der Waals surface area contributed by atoms with E-state index in [1.807, 2.05) is 44.2 Å². The number of aliphatic hydroxyl groups excluding tert-OH is 1. The van der Waals surface area contributed by atoms with E-state index in [0.29, 0.717) is 25.4 Å². The highest BCUT2D eigenvalue weighted by Crippen LogP contribution is 2.42. The van der Waals surface area contributed by atoms with Gasteiger partial charge in [-0.3, -0.25) is 14.4 Å². The van der Waals surface area contributed by atoms with Crippen LogP contribution in [-0.4, -0.2) is 95.1 Å². The van der Waals surface area contributed by atoms with Crippen LogP contribution >= 0.6 is 0 Å². The Bertz CT molecular complexity index is 1040. The molecule has 1 saturated carbocycles. The molecule has 8 heteroatoms. The molecule has 0 spiro atoms. The van der Waals surface area contributed by atoms with E-state index in [1.165, 1.54) is 19.3 Å². The molecule has 4 rings (SSSR count). The van der Waals surface area contributed by atoms with Gasteiger partial charge in [-0.1, -0.05) is 76.3 Å². The first-order valence-electron chi connectivity index (χ1n) is 15.1. The van der Waals surface area contributed by atoms with Crippen molar-refractivity contribution in [2.24, 2.45) is 23.2 Å². The molecule has 2 saturated heterocycles. The van der Waals surface area contributed by atoms with Gasteiger partial charge in [0, 0.05) is 51.5 Å². The van der Waals surface area contributed by atoms with Crippen molar-refractivity contribution in [3.63, 3.8) is 0 Å². The fourth-order valence-corrected chi connectivity index (χ4v) is 7.21. The summed E-state index contributed by atoms with van der Waals surface area (Å²) in [4.78, 5) is 45.2. The van der Waals surface area contributed by atoms with Crippen LogP contribution in [0.2, 0.25) is 0 Å². The number of rotatable bonds is 8. The maximum Gasteiger partial charge on any atom is 0.228 e. The van der Waals surface area contributed by atoms with Crippen molar-refractivity contribution in [1.29, 1.82) is 0 Å². The molecule has 222 valence electrons. The van der Waals surface area contributed by atoms with Crippen LogP contribution in [0.25, 0.3) is 0 Å². The summed E-state index contributed by atoms with van der Waals surface area (Å²) in [5.41, 5.74) is -0.903. The van der Waals surface area contributed by atoms with Gasteiger partial charge in [-0.15, -0.1) is 0 Å². The van der Waals surface area contributed by atoms with Crippen LogP contribution in [0.1, 0.15) is 76.7 Å².